The third-order valence-electron chi connectivity index (χ3n) is 3.27. The van der Waals surface area contributed by atoms with E-state index < -0.39 is 0 Å². The first-order valence-corrected chi connectivity index (χ1v) is 7.13. The second-order valence-electron chi connectivity index (χ2n) is 4.86. The van der Waals surface area contributed by atoms with Gasteiger partial charge in [-0.15, -0.1) is 0 Å². The van der Waals surface area contributed by atoms with Gasteiger partial charge in [0.25, 0.3) is 0 Å². The van der Waals surface area contributed by atoms with Crippen LogP contribution in [0.15, 0.2) is 42.5 Å². The first-order valence-electron chi connectivity index (χ1n) is 6.75. The number of benzene rings is 2. The fourth-order valence-corrected chi connectivity index (χ4v) is 2.36. The number of rotatable bonds is 4. The highest BCUT2D eigenvalue weighted by molar-refractivity contribution is 6.30. The number of fused-ring (bicyclic) bond motifs is 1. The van der Waals surface area contributed by atoms with E-state index in [0.717, 1.165) is 11.5 Å². The molecule has 1 aliphatic rings. The molecule has 0 saturated heterocycles. The molecule has 0 amide bonds. The molecule has 1 aliphatic heterocycles. The molecule has 110 valence electrons. The van der Waals surface area contributed by atoms with Crippen molar-refractivity contribution in [3.05, 3.63) is 58.9 Å². The molecular formula is C16H15ClFNO2. The molecule has 3 rings (SSSR count). The van der Waals surface area contributed by atoms with Crippen LogP contribution in [0.4, 0.5) is 4.39 Å². The van der Waals surface area contributed by atoms with E-state index >= 15 is 0 Å². The van der Waals surface area contributed by atoms with Gasteiger partial charge in [-0.05, 0) is 24.3 Å². The minimum atomic E-state index is -0.304. The highest BCUT2D eigenvalue weighted by Crippen LogP contribution is 2.30. The van der Waals surface area contributed by atoms with Crippen molar-refractivity contribution in [2.24, 2.45) is 0 Å². The molecule has 0 radical (unpaired) electrons. The molecule has 5 heteroatoms. The Labute approximate surface area is 127 Å². The molecule has 0 fully saturated rings. The summed E-state index contributed by atoms with van der Waals surface area (Å²) in [7, 11) is 0. The summed E-state index contributed by atoms with van der Waals surface area (Å²) in [6, 6.07) is 12.2. The zero-order valence-corrected chi connectivity index (χ0v) is 12.1. The van der Waals surface area contributed by atoms with Crippen molar-refractivity contribution in [1.82, 2.24) is 5.32 Å². The van der Waals surface area contributed by atoms with Gasteiger partial charge in [-0.1, -0.05) is 29.8 Å². The molecule has 0 bridgehead atoms. The Morgan fingerprint density at radius 3 is 2.81 bits per heavy atom. The maximum Gasteiger partial charge on any atom is 0.161 e. The van der Waals surface area contributed by atoms with E-state index in [-0.39, 0.29) is 11.9 Å². The topological polar surface area (TPSA) is 30.5 Å². The van der Waals surface area contributed by atoms with Gasteiger partial charge in [0, 0.05) is 23.7 Å². The van der Waals surface area contributed by atoms with Crippen molar-refractivity contribution >= 4 is 11.6 Å². The fourth-order valence-electron chi connectivity index (χ4n) is 2.20. The SMILES string of the molecule is Fc1cc(Cl)ccc1CNCC1COc2ccccc2O1. The van der Waals surface area contributed by atoms with Gasteiger partial charge in [0.05, 0.1) is 0 Å². The van der Waals surface area contributed by atoms with Gasteiger partial charge in [0.2, 0.25) is 0 Å². The summed E-state index contributed by atoms with van der Waals surface area (Å²) in [5, 5.41) is 3.57. The Morgan fingerprint density at radius 2 is 2.00 bits per heavy atom. The lowest BCUT2D eigenvalue weighted by Gasteiger charge is -2.26. The van der Waals surface area contributed by atoms with Gasteiger partial charge < -0.3 is 14.8 Å². The van der Waals surface area contributed by atoms with Crippen molar-refractivity contribution < 1.29 is 13.9 Å². The zero-order chi connectivity index (χ0) is 14.7. The van der Waals surface area contributed by atoms with Gasteiger partial charge in [-0.25, -0.2) is 4.39 Å². The van der Waals surface area contributed by atoms with Crippen molar-refractivity contribution in [2.45, 2.75) is 12.6 Å². The Hall–Kier alpha value is -1.78. The Kier molecular flexibility index (Phi) is 4.27. The molecular weight excluding hydrogens is 293 g/mol. The van der Waals surface area contributed by atoms with Gasteiger partial charge in [0.1, 0.15) is 18.5 Å². The molecule has 0 aliphatic carbocycles. The summed E-state index contributed by atoms with van der Waals surface area (Å²) in [5.74, 6) is 1.20. The summed E-state index contributed by atoms with van der Waals surface area (Å²) in [4.78, 5) is 0. The maximum absolute atomic E-state index is 13.6. The quantitative estimate of drug-likeness (QED) is 0.939. The lowest BCUT2D eigenvalue weighted by Crippen LogP contribution is -2.38. The van der Waals surface area contributed by atoms with Crippen LogP contribution in [-0.4, -0.2) is 19.3 Å². The second kappa shape index (κ2) is 6.33. The van der Waals surface area contributed by atoms with E-state index in [0.29, 0.717) is 30.3 Å². The van der Waals surface area contributed by atoms with Crippen molar-refractivity contribution in [3.8, 4) is 11.5 Å². The van der Waals surface area contributed by atoms with Crippen molar-refractivity contribution in [1.29, 1.82) is 0 Å². The third-order valence-corrected chi connectivity index (χ3v) is 3.51. The number of halogens is 2. The van der Waals surface area contributed by atoms with Crippen LogP contribution in [0.5, 0.6) is 11.5 Å². The summed E-state index contributed by atoms with van der Waals surface area (Å²) in [5.41, 5.74) is 0.580. The van der Waals surface area contributed by atoms with Crippen molar-refractivity contribution in [3.63, 3.8) is 0 Å². The smallest absolute Gasteiger partial charge is 0.161 e. The highest BCUT2D eigenvalue weighted by atomic mass is 35.5. The van der Waals surface area contributed by atoms with Gasteiger partial charge in [-0.3, -0.25) is 0 Å². The lowest BCUT2D eigenvalue weighted by atomic mass is 10.2. The van der Waals surface area contributed by atoms with E-state index in [1.54, 1.807) is 12.1 Å². The molecule has 0 aromatic heterocycles. The van der Waals surface area contributed by atoms with Crippen LogP contribution in [0.25, 0.3) is 0 Å². The Morgan fingerprint density at radius 1 is 1.19 bits per heavy atom. The molecule has 0 saturated carbocycles. The number of hydrogen-bond donors (Lipinski definition) is 1. The Bertz CT molecular complexity index is 635. The maximum atomic E-state index is 13.6. The summed E-state index contributed by atoms with van der Waals surface area (Å²) in [6.07, 6.45) is -0.0877. The molecule has 21 heavy (non-hydrogen) atoms. The van der Waals surface area contributed by atoms with E-state index in [2.05, 4.69) is 5.32 Å². The molecule has 3 nitrogen and oxygen atoms in total. The number of nitrogens with one attached hydrogen (secondary N) is 1. The first kappa shape index (κ1) is 14.2. The van der Waals surface area contributed by atoms with E-state index in [4.69, 9.17) is 21.1 Å². The number of hydrogen-bond acceptors (Lipinski definition) is 3. The van der Waals surface area contributed by atoms with Crippen LogP contribution in [0.1, 0.15) is 5.56 Å². The lowest BCUT2D eigenvalue weighted by molar-refractivity contribution is 0.0901. The summed E-state index contributed by atoms with van der Waals surface area (Å²) >= 11 is 5.72. The normalized spacial score (nSPS) is 16.8. The monoisotopic (exact) mass is 307 g/mol. The molecule has 2 aromatic carbocycles. The van der Waals surface area contributed by atoms with E-state index in [9.17, 15) is 4.39 Å². The van der Waals surface area contributed by atoms with E-state index in [1.807, 2.05) is 24.3 Å². The number of para-hydroxylation sites is 2. The Balaban J connectivity index is 1.52. The number of ether oxygens (including phenoxy) is 2. The largest absolute Gasteiger partial charge is 0.486 e. The van der Waals surface area contributed by atoms with Gasteiger partial charge in [0.15, 0.2) is 11.5 Å². The van der Waals surface area contributed by atoms with Crippen LogP contribution in [0.3, 0.4) is 0 Å². The summed E-state index contributed by atoms with van der Waals surface area (Å²) < 4.78 is 25.1. The van der Waals surface area contributed by atoms with Crippen LogP contribution in [-0.2, 0) is 6.54 Å². The van der Waals surface area contributed by atoms with Gasteiger partial charge in [-0.2, -0.15) is 0 Å². The minimum absolute atomic E-state index is 0.0877. The molecule has 1 N–H and O–H groups in total. The second-order valence-corrected chi connectivity index (χ2v) is 5.30. The third kappa shape index (κ3) is 3.46. The average molecular weight is 308 g/mol. The van der Waals surface area contributed by atoms with Crippen molar-refractivity contribution in [2.75, 3.05) is 13.2 Å². The molecule has 0 spiro atoms. The molecule has 1 unspecified atom stereocenters. The fraction of sp³-hybridized carbons (Fsp3) is 0.250. The van der Waals surface area contributed by atoms with Crippen LogP contribution >= 0.6 is 11.6 Å². The zero-order valence-electron chi connectivity index (χ0n) is 11.3. The molecule has 1 heterocycles. The first-order chi connectivity index (χ1) is 10.2. The predicted octanol–water partition coefficient (Wildman–Crippen LogP) is 3.41. The van der Waals surface area contributed by atoms with Crippen LogP contribution in [0.2, 0.25) is 5.02 Å². The molecule has 2 aromatic rings. The average Bonchev–Trinajstić information content (AvgIpc) is 2.49. The van der Waals surface area contributed by atoms with E-state index in [1.165, 1.54) is 6.07 Å². The van der Waals surface area contributed by atoms with Crippen LogP contribution < -0.4 is 14.8 Å². The highest BCUT2D eigenvalue weighted by Gasteiger charge is 2.20. The van der Waals surface area contributed by atoms with Gasteiger partial charge >= 0.3 is 0 Å². The van der Waals surface area contributed by atoms with Crippen LogP contribution in [0, 0.1) is 5.82 Å². The predicted molar refractivity (Wildman–Crippen MR) is 79.5 cm³/mol. The standard InChI is InChI=1S/C16H15ClFNO2/c17-12-6-5-11(14(18)7-12)8-19-9-13-10-20-15-3-1-2-4-16(15)21-13/h1-7,13,19H,8-10H2. The molecule has 1 atom stereocenters. The minimum Gasteiger partial charge on any atom is -0.486 e. The summed E-state index contributed by atoms with van der Waals surface area (Å²) in [6.45, 7) is 1.48.